The maximum Gasteiger partial charge on any atom is 0.405 e. The summed E-state index contributed by atoms with van der Waals surface area (Å²) in [6.45, 7) is 5.17. The summed E-state index contributed by atoms with van der Waals surface area (Å²) >= 11 is 0. The number of carbonyl (C=O) groups excluding carboxylic acids is 3. The van der Waals surface area contributed by atoms with Gasteiger partial charge in [0.2, 0.25) is 0 Å². The van der Waals surface area contributed by atoms with E-state index in [0.717, 1.165) is 27.6 Å². The molecule has 1 aliphatic rings. The quantitative estimate of drug-likeness (QED) is 0.217. The van der Waals surface area contributed by atoms with Crippen LogP contribution in [0.2, 0.25) is 0 Å². The molecule has 0 aliphatic carbocycles. The lowest BCUT2D eigenvalue weighted by molar-refractivity contribution is -0.132. The minimum Gasteiger partial charge on any atom is -0.436 e. The maximum absolute atomic E-state index is 13.4. The van der Waals surface area contributed by atoms with Crippen LogP contribution in [0, 0.1) is 11.7 Å². The van der Waals surface area contributed by atoms with Crippen LogP contribution in [0.25, 0.3) is 22.0 Å². The van der Waals surface area contributed by atoms with Gasteiger partial charge in [0.05, 0.1) is 0 Å². The second-order valence-corrected chi connectivity index (χ2v) is 11.3. The molecule has 1 aromatic heterocycles. The normalized spacial score (nSPS) is 17.6. The summed E-state index contributed by atoms with van der Waals surface area (Å²) in [5.41, 5.74) is 9.34. The molecule has 4 aromatic rings. The number of benzene rings is 3. The number of amides is 3. The number of rotatable bonds is 10. The predicted molar refractivity (Wildman–Crippen MR) is 163 cm³/mol. The van der Waals surface area contributed by atoms with Gasteiger partial charge in [-0.15, -0.1) is 0 Å². The third kappa shape index (κ3) is 7.39. The minimum atomic E-state index is -0.991. The number of nitrogens with one attached hydrogen (secondary N) is 3. The van der Waals surface area contributed by atoms with Crippen molar-refractivity contribution in [2.24, 2.45) is 11.7 Å². The van der Waals surface area contributed by atoms with Crippen molar-refractivity contribution >= 4 is 28.8 Å². The smallest absolute Gasteiger partial charge is 0.405 e. The first kappa shape index (κ1) is 29.8. The number of primary amides is 1. The Hall–Kier alpha value is -4.70. The molecule has 9 nitrogen and oxygen atoms in total. The minimum absolute atomic E-state index is 0.0431. The van der Waals surface area contributed by atoms with E-state index in [1.807, 2.05) is 54.6 Å². The van der Waals surface area contributed by atoms with Gasteiger partial charge in [-0.2, -0.15) is 0 Å². The molecule has 1 fully saturated rings. The Morgan fingerprint density at radius 2 is 1.74 bits per heavy atom. The van der Waals surface area contributed by atoms with Crippen molar-refractivity contribution in [2.75, 3.05) is 13.1 Å². The van der Waals surface area contributed by atoms with Crippen molar-refractivity contribution in [1.29, 1.82) is 0 Å². The monoisotopic (exact) mass is 585 g/mol. The van der Waals surface area contributed by atoms with Crippen LogP contribution < -0.4 is 16.4 Å². The van der Waals surface area contributed by atoms with E-state index in [9.17, 15) is 18.8 Å². The number of hydrogen-bond donors (Lipinski definition) is 4. The van der Waals surface area contributed by atoms with Crippen molar-refractivity contribution in [3.05, 3.63) is 95.9 Å². The Morgan fingerprint density at radius 3 is 2.44 bits per heavy atom. The third-order valence-corrected chi connectivity index (χ3v) is 7.75. The zero-order valence-corrected chi connectivity index (χ0v) is 24.2. The van der Waals surface area contributed by atoms with Gasteiger partial charge in [0.15, 0.2) is 6.10 Å². The number of nitrogens with two attached hydrogens (primary N) is 1. The topological polar surface area (TPSA) is 130 Å². The molecule has 224 valence electrons. The average molecular weight is 586 g/mol. The SMILES string of the molecule is CC(C)C(OC(N)=O)C(=O)N[C@H]1C[C@@H](CNC(=O)c2cc3ccc(-c4ccc(F)cc4)cc3[nH]2)N(Cc2ccccc2)C1. The van der Waals surface area contributed by atoms with Crippen molar-refractivity contribution < 1.29 is 23.5 Å². The van der Waals surface area contributed by atoms with Gasteiger partial charge in [-0.25, -0.2) is 9.18 Å². The molecule has 0 spiro atoms. The van der Waals surface area contributed by atoms with Crippen LogP contribution in [0.5, 0.6) is 0 Å². The summed E-state index contributed by atoms with van der Waals surface area (Å²) < 4.78 is 18.4. The van der Waals surface area contributed by atoms with E-state index in [1.54, 1.807) is 26.0 Å². The van der Waals surface area contributed by atoms with Gasteiger partial charge < -0.3 is 26.1 Å². The largest absolute Gasteiger partial charge is 0.436 e. The number of fused-ring (bicyclic) bond motifs is 1. The Bertz CT molecular complexity index is 1590. The number of hydrogen-bond acceptors (Lipinski definition) is 5. The van der Waals surface area contributed by atoms with Crippen LogP contribution in [0.4, 0.5) is 9.18 Å². The van der Waals surface area contributed by atoms with Gasteiger partial charge in [-0.3, -0.25) is 14.5 Å². The summed E-state index contributed by atoms with van der Waals surface area (Å²) in [6.07, 6.45) is -1.37. The molecule has 2 heterocycles. The number of aromatic nitrogens is 1. The molecule has 43 heavy (non-hydrogen) atoms. The van der Waals surface area contributed by atoms with E-state index in [-0.39, 0.29) is 35.6 Å². The fourth-order valence-corrected chi connectivity index (χ4v) is 5.59. The molecular weight excluding hydrogens is 549 g/mol. The Labute approximate surface area is 249 Å². The fourth-order valence-electron chi connectivity index (χ4n) is 5.59. The van der Waals surface area contributed by atoms with Crippen molar-refractivity contribution in [2.45, 2.75) is 45.0 Å². The summed E-state index contributed by atoms with van der Waals surface area (Å²) in [5.74, 6) is -1.16. The van der Waals surface area contributed by atoms with Crippen LogP contribution in [0.15, 0.2) is 78.9 Å². The highest BCUT2D eigenvalue weighted by atomic mass is 19.1. The highest BCUT2D eigenvalue weighted by molar-refractivity contribution is 5.98. The van der Waals surface area contributed by atoms with Crippen molar-refractivity contribution in [3.8, 4) is 11.1 Å². The molecule has 0 bridgehead atoms. The summed E-state index contributed by atoms with van der Waals surface area (Å²) in [4.78, 5) is 43.0. The molecule has 3 aromatic carbocycles. The molecule has 10 heteroatoms. The molecule has 3 amide bonds. The lowest BCUT2D eigenvalue weighted by atomic mass is 10.0. The Morgan fingerprint density at radius 1 is 1.02 bits per heavy atom. The Kier molecular flexibility index (Phi) is 9.06. The second kappa shape index (κ2) is 13.1. The highest BCUT2D eigenvalue weighted by Gasteiger charge is 2.35. The van der Waals surface area contributed by atoms with Gasteiger partial charge in [-0.1, -0.05) is 68.4 Å². The summed E-state index contributed by atoms with van der Waals surface area (Å²) in [6, 6.07) is 23.7. The van der Waals surface area contributed by atoms with Crippen molar-refractivity contribution in [3.63, 3.8) is 0 Å². The van der Waals surface area contributed by atoms with Crippen LogP contribution >= 0.6 is 0 Å². The lowest BCUT2D eigenvalue weighted by Gasteiger charge is -2.24. The predicted octanol–water partition coefficient (Wildman–Crippen LogP) is 4.58. The third-order valence-electron chi connectivity index (χ3n) is 7.75. The molecule has 1 aliphatic heterocycles. The molecule has 5 N–H and O–H groups in total. The van der Waals surface area contributed by atoms with Crippen LogP contribution in [0.3, 0.4) is 0 Å². The molecule has 5 rings (SSSR count). The van der Waals surface area contributed by atoms with E-state index in [2.05, 4.69) is 20.5 Å². The van der Waals surface area contributed by atoms with Gasteiger partial charge in [0.1, 0.15) is 11.5 Å². The second-order valence-electron chi connectivity index (χ2n) is 11.3. The van der Waals surface area contributed by atoms with Gasteiger partial charge in [-0.05, 0) is 53.3 Å². The zero-order valence-electron chi connectivity index (χ0n) is 24.2. The summed E-state index contributed by atoms with van der Waals surface area (Å²) in [5, 5.41) is 6.97. The molecule has 0 saturated carbocycles. The first-order chi connectivity index (χ1) is 20.7. The number of nitrogens with zero attached hydrogens (tertiary/aromatic N) is 1. The van der Waals surface area contributed by atoms with E-state index in [4.69, 9.17) is 10.5 Å². The first-order valence-electron chi connectivity index (χ1n) is 14.4. The number of carbonyl (C=O) groups is 3. The number of halogens is 1. The lowest BCUT2D eigenvalue weighted by Crippen LogP contribution is -2.46. The Balaban J connectivity index is 1.26. The number of H-pyrrole nitrogens is 1. The van der Waals surface area contributed by atoms with E-state index in [1.165, 1.54) is 12.1 Å². The fraction of sp³-hybridized carbons (Fsp3) is 0.303. The van der Waals surface area contributed by atoms with Gasteiger partial charge in [0, 0.05) is 42.6 Å². The average Bonchev–Trinajstić information content (AvgIpc) is 3.58. The number of ether oxygens (including phenoxy) is 1. The first-order valence-corrected chi connectivity index (χ1v) is 14.4. The van der Waals surface area contributed by atoms with Crippen LogP contribution in [-0.2, 0) is 16.1 Å². The standard InChI is InChI=1S/C33H36FN5O4/c1-20(2)30(43-33(35)42)32(41)37-26-16-27(39(19-26)18-21-6-4-3-5-7-21)17-36-31(40)29-15-24-9-8-23(14-28(24)38-29)22-10-12-25(34)13-11-22/h3-15,20,26-27,30,38H,16-19H2,1-2H3,(H2,35,42)(H,36,40)(H,37,41)/t26-,27-,30?/m0/s1. The van der Waals surface area contributed by atoms with Crippen molar-refractivity contribution in [1.82, 2.24) is 20.5 Å². The zero-order chi connectivity index (χ0) is 30.5. The molecular formula is C33H36FN5O4. The highest BCUT2D eigenvalue weighted by Crippen LogP contribution is 2.26. The number of aromatic amines is 1. The van der Waals surface area contributed by atoms with Gasteiger partial charge >= 0.3 is 6.09 Å². The maximum atomic E-state index is 13.4. The van der Waals surface area contributed by atoms with Gasteiger partial charge in [0.25, 0.3) is 11.8 Å². The molecule has 3 atom stereocenters. The van der Waals surface area contributed by atoms with E-state index >= 15 is 0 Å². The van der Waals surface area contributed by atoms with Crippen LogP contribution in [-0.4, -0.2) is 59.1 Å². The molecule has 1 unspecified atom stereocenters. The van der Waals surface area contributed by atoms with E-state index < -0.39 is 12.2 Å². The molecule has 1 saturated heterocycles. The van der Waals surface area contributed by atoms with Crippen LogP contribution in [0.1, 0.15) is 36.3 Å². The molecule has 0 radical (unpaired) electrons. The number of likely N-dealkylation sites (tertiary alicyclic amines) is 1. The van der Waals surface area contributed by atoms with E-state index in [0.29, 0.717) is 31.7 Å². The summed E-state index contributed by atoms with van der Waals surface area (Å²) in [7, 11) is 0.